The average molecular weight is 215 g/mol. The molecule has 0 atom stereocenters. The van der Waals surface area contributed by atoms with Crippen molar-refractivity contribution in [2.24, 2.45) is 5.41 Å². The Bertz CT molecular complexity index is 390. The third-order valence-electron chi connectivity index (χ3n) is 3.32. The maximum atomic E-state index is 8.70. The SMILES string of the molecule is CC1(C)CCN(c2ccc(C#N)cn2)CC1. The molecule has 16 heavy (non-hydrogen) atoms. The Morgan fingerprint density at radius 1 is 1.31 bits per heavy atom. The largest absolute Gasteiger partial charge is 0.357 e. The van der Waals surface area contributed by atoms with Gasteiger partial charge in [0.1, 0.15) is 11.9 Å². The van der Waals surface area contributed by atoms with Crippen LogP contribution in [0.2, 0.25) is 0 Å². The molecule has 0 unspecified atom stereocenters. The van der Waals surface area contributed by atoms with E-state index in [-0.39, 0.29) is 0 Å². The molecule has 84 valence electrons. The van der Waals surface area contributed by atoms with Crippen LogP contribution in [0, 0.1) is 16.7 Å². The highest BCUT2D eigenvalue weighted by atomic mass is 15.2. The van der Waals surface area contributed by atoms with Gasteiger partial charge in [0.15, 0.2) is 0 Å². The fourth-order valence-electron chi connectivity index (χ4n) is 1.98. The summed E-state index contributed by atoms with van der Waals surface area (Å²) in [7, 11) is 0. The minimum absolute atomic E-state index is 0.461. The molecule has 2 heterocycles. The van der Waals surface area contributed by atoms with Crippen molar-refractivity contribution in [1.82, 2.24) is 4.98 Å². The Morgan fingerprint density at radius 3 is 2.50 bits per heavy atom. The van der Waals surface area contributed by atoms with Crippen LogP contribution in [0.4, 0.5) is 5.82 Å². The van der Waals surface area contributed by atoms with E-state index in [4.69, 9.17) is 5.26 Å². The predicted molar refractivity (Wildman–Crippen MR) is 64.2 cm³/mol. The van der Waals surface area contributed by atoms with E-state index in [0.29, 0.717) is 11.0 Å². The molecular formula is C13H17N3. The summed E-state index contributed by atoms with van der Waals surface area (Å²) in [6.45, 7) is 6.75. The van der Waals surface area contributed by atoms with Gasteiger partial charge in [-0.2, -0.15) is 5.26 Å². The van der Waals surface area contributed by atoms with Gasteiger partial charge in [-0.25, -0.2) is 4.98 Å². The van der Waals surface area contributed by atoms with Gasteiger partial charge in [0, 0.05) is 19.3 Å². The summed E-state index contributed by atoms with van der Waals surface area (Å²) in [6.07, 6.45) is 4.05. The smallest absolute Gasteiger partial charge is 0.128 e. The van der Waals surface area contributed by atoms with Gasteiger partial charge in [0.05, 0.1) is 5.56 Å². The number of rotatable bonds is 1. The summed E-state index contributed by atoms with van der Waals surface area (Å²) < 4.78 is 0. The van der Waals surface area contributed by atoms with E-state index < -0.39 is 0 Å². The molecule has 3 nitrogen and oxygen atoms in total. The maximum Gasteiger partial charge on any atom is 0.128 e. The fraction of sp³-hybridized carbons (Fsp3) is 0.538. The van der Waals surface area contributed by atoms with E-state index in [1.807, 2.05) is 12.1 Å². The number of piperidine rings is 1. The van der Waals surface area contributed by atoms with Crippen molar-refractivity contribution < 1.29 is 0 Å². The number of pyridine rings is 1. The van der Waals surface area contributed by atoms with Gasteiger partial charge in [0.2, 0.25) is 0 Å². The monoisotopic (exact) mass is 215 g/mol. The second-order valence-corrected chi connectivity index (χ2v) is 5.17. The van der Waals surface area contributed by atoms with Crippen LogP contribution in [0.5, 0.6) is 0 Å². The van der Waals surface area contributed by atoms with Gasteiger partial charge in [-0.3, -0.25) is 0 Å². The molecule has 0 aromatic carbocycles. The first-order valence-electron chi connectivity index (χ1n) is 5.72. The zero-order valence-corrected chi connectivity index (χ0v) is 9.90. The summed E-state index contributed by atoms with van der Waals surface area (Å²) in [5, 5.41) is 8.70. The van der Waals surface area contributed by atoms with E-state index in [0.717, 1.165) is 18.9 Å². The van der Waals surface area contributed by atoms with E-state index >= 15 is 0 Å². The average Bonchev–Trinajstić information content (AvgIpc) is 2.29. The molecule has 1 aromatic rings. The number of anilines is 1. The number of nitriles is 1. The van der Waals surface area contributed by atoms with Crippen molar-refractivity contribution in [2.45, 2.75) is 26.7 Å². The summed E-state index contributed by atoms with van der Waals surface area (Å²) in [5.41, 5.74) is 1.09. The number of hydrogen-bond donors (Lipinski definition) is 0. The Labute approximate surface area is 96.7 Å². The molecule has 1 aromatic heterocycles. The first kappa shape index (κ1) is 10.9. The normalized spacial score (nSPS) is 19.2. The Balaban J connectivity index is 2.06. The molecule has 0 amide bonds. The minimum atomic E-state index is 0.461. The molecule has 1 aliphatic rings. The molecule has 2 rings (SSSR count). The molecule has 1 aliphatic heterocycles. The number of hydrogen-bond acceptors (Lipinski definition) is 3. The lowest BCUT2D eigenvalue weighted by Crippen LogP contribution is -2.37. The lowest BCUT2D eigenvalue weighted by Gasteiger charge is -2.37. The first-order valence-corrected chi connectivity index (χ1v) is 5.72. The number of aromatic nitrogens is 1. The van der Waals surface area contributed by atoms with E-state index in [1.165, 1.54) is 12.8 Å². The van der Waals surface area contributed by atoms with Crippen LogP contribution in [0.1, 0.15) is 32.3 Å². The molecule has 1 saturated heterocycles. The van der Waals surface area contributed by atoms with Crippen LogP contribution in [0.3, 0.4) is 0 Å². The topological polar surface area (TPSA) is 39.9 Å². The molecule has 0 spiro atoms. The van der Waals surface area contributed by atoms with Gasteiger partial charge in [-0.1, -0.05) is 13.8 Å². The molecular weight excluding hydrogens is 198 g/mol. The van der Waals surface area contributed by atoms with Crippen molar-refractivity contribution in [2.75, 3.05) is 18.0 Å². The summed E-state index contributed by atoms with van der Waals surface area (Å²) in [4.78, 5) is 6.62. The lowest BCUT2D eigenvalue weighted by molar-refractivity contribution is 0.279. The van der Waals surface area contributed by atoms with Gasteiger partial charge < -0.3 is 4.90 Å². The highest BCUT2D eigenvalue weighted by Gasteiger charge is 2.25. The van der Waals surface area contributed by atoms with E-state index in [1.54, 1.807) is 6.20 Å². The second-order valence-electron chi connectivity index (χ2n) is 5.17. The molecule has 0 aliphatic carbocycles. The Kier molecular flexibility index (Phi) is 2.82. The third kappa shape index (κ3) is 2.33. The quantitative estimate of drug-likeness (QED) is 0.723. The maximum absolute atomic E-state index is 8.70. The molecule has 0 radical (unpaired) electrons. The van der Waals surface area contributed by atoms with Crippen molar-refractivity contribution in [3.63, 3.8) is 0 Å². The Hall–Kier alpha value is -1.56. The van der Waals surface area contributed by atoms with Crippen molar-refractivity contribution >= 4 is 5.82 Å². The van der Waals surface area contributed by atoms with Gasteiger partial charge in [-0.15, -0.1) is 0 Å². The van der Waals surface area contributed by atoms with Crippen LogP contribution >= 0.6 is 0 Å². The van der Waals surface area contributed by atoms with Crippen LogP contribution in [-0.2, 0) is 0 Å². The lowest BCUT2D eigenvalue weighted by atomic mass is 9.83. The van der Waals surface area contributed by atoms with Crippen molar-refractivity contribution in [3.05, 3.63) is 23.9 Å². The third-order valence-corrected chi connectivity index (χ3v) is 3.32. The summed E-state index contributed by atoms with van der Waals surface area (Å²) >= 11 is 0. The van der Waals surface area contributed by atoms with Gasteiger partial charge in [-0.05, 0) is 30.4 Å². The van der Waals surface area contributed by atoms with Crippen LogP contribution < -0.4 is 4.90 Å². The molecule has 3 heteroatoms. The Morgan fingerprint density at radius 2 is 2.00 bits per heavy atom. The fourth-order valence-corrected chi connectivity index (χ4v) is 1.98. The second kappa shape index (κ2) is 4.13. The zero-order valence-electron chi connectivity index (χ0n) is 9.90. The van der Waals surface area contributed by atoms with E-state index in [9.17, 15) is 0 Å². The van der Waals surface area contributed by atoms with Crippen LogP contribution in [0.25, 0.3) is 0 Å². The zero-order chi connectivity index (χ0) is 11.6. The van der Waals surface area contributed by atoms with Crippen molar-refractivity contribution in [3.8, 4) is 6.07 Å². The highest BCUT2D eigenvalue weighted by Crippen LogP contribution is 2.31. The highest BCUT2D eigenvalue weighted by molar-refractivity contribution is 5.42. The first-order chi connectivity index (χ1) is 7.61. The molecule has 0 bridgehead atoms. The van der Waals surface area contributed by atoms with Gasteiger partial charge >= 0.3 is 0 Å². The standard InChI is InChI=1S/C13H17N3/c1-13(2)5-7-16(8-6-13)12-4-3-11(9-14)10-15-12/h3-4,10H,5-8H2,1-2H3. The molecule has 0 saturated carbocycles. The van der Waals surface area contributed by atoms with Gasteiger partial charge in [0.25, 0.3) is 0 Å². The van der Waals surface area contributed by atoms with Crippen molar-refractivity contribution in [1.29, 1.82) is 5.26 Å². The summed E-state index contributed by atoms with van der Waals surface area (Å²) in [6, 6.07) is 5.87. The number of nitrogens with zero attached hydrogens (tertiary/aromatic N) is 3. The molecule has 1 fully saturated rings. The minimum Gasteiger partial charge on any atom is -0.357 e. The molecule has 0 N–H and O–H groups in total. The summed E-state index contributed by atoms with van der Waals surface area (Å²) in [5.74, 6) is 0.995. The van der Waals surface area contributed by atoms with E-state index in [2.05, 4.69) is 29.8 Å². The van der Waals surface area contributed by atoms with Crippen LogP contribution in [-0.4, -0.2) is 18.1 Å². The predicted octanol–water partition coefficient (Wildman–Crippen LogP) is 2.58. The van der Waals surface area contributed by atoms with Crippen LogP contribution in [0.15, 0.2) is 18.3 Å².